The molecular formula is C19H16BrClN2O2S. The third-order valence-corrected chi connectivity index (χ3v) is 5.55. The van der Waals surface area contributed by atoms with Crippen molar-refractivity contribution >= 4 is 49.9 Å². The number of nitrogens with zero attached hydrogens (tertiary/aromatic N) is 1. The van der Waals surface area contributed by atoms with E-state index in [1.165, 1.54) is 11.3 Å². The first kappa shape index (κ1) is 18.9. The zero-order chi connectivity index (χ0) is 18.7. The van der Waals surface area contributed by atoms with E-state index in [1.54, 1.807) is 0 Å². The molecule has 0 aliphatic carbocycles. The number of ether oxygens (including phenoxy) is 1. The second-order valence-corrected chi connectivity index (χ2v) is 7.90. The van der Waals surface area contributed by atoms with Gasteiger partial charge in [0.1, 0.15) is 5.75 Å². The van der Waals surface area contributed by atoms with Crippen LogP contribution in [0.15, 0.2) is 46.3 Å². The van der Waals surface area contributed by atoms with Crippen molar-refractivity contribution in [3.63, 3.8) is 0 Å². The van der Waals surface area contributed by atoms with Gasteiger partial charge in [-0.2, -0.15) is 0 Å². The highest BCUT2D eigenvalue weighted by Crippen LogP contribution is 2.27. The Labute approximate surface area is 169 Å². The minimum atomic E-state index is -0.257. The molecule has 0 fully saturated rings. The molecule has 0 unspecified atom stereocenters. The number of hydrogen-bond donors (Lipinski definition) is 1. The van der Waals surface area contributed by atoms with Gasteiger partial charge in [-0.15, -0.1) is 11.3 Å². The number of benzene rings is 2. The Kier molecular flexibility index (Phi) is 5.96. The number of nitrogens with one attached hydrogen (secondary N) is 1. The molecule has 134 valence electrons. The highest BCUT2D eigenvalue weighted by Gasteiger charge is 2.10. The Hall–Kier alpha value is -1.89. The normalized spacial score (nSPS) is 10.6. The first-order valence-electron chi connectivity index (χ1n) is 7.83. The largest absolute Gasteiger partial charge is 0.484 e. The van der Waals surface area contributed by atoms with Crippen molar-refractivity contribution in [2.75, 3.05) is 11.9 Å². The summed E-state index contributed by atoms with van der Waals surface area (Å²) in [6.07, 6.45) is 0. The average Bonchev–Trinajstić information content (AvgIpc) is 3.06. The van der Waals surface area contributed by atoms with Crippen LogP contribution in [0.3, 0.4) is 0 Å². The van der Waals surface area contributed by atoms with E-state index in [4.69, 9.17) is 16.3 Å². The molecule has 0 atom stereocenters. The summed E-state index contributed by atoms with van der Waals surface area (Å²) in [5.41, 5.74) is 3.65. The van der Waals surface area contributed by atoms with Crippen LogP contribution < -0.4 is 10.1 Å². The first-order chi connectivity index (χ1) is 12.4. The monoisotopic (exact) mass is 450 g/mol. The summed E-state index contributed by atoms with van der Waals surface area (Å²) in [6.45, 7) is 3.72. The standard InChI is InChI=1S/C19H16BrClN2O2S/c1-11-7-15(8-12(2)18(11)21)25-9-17(24)23-19-22-16(10-26-19)13-3-5-14(20)6-4-13/h3-8,10H,9H2,1-2H3,(H,22,23,24). The van der Waals surface area contributed by atoms with Crippen LogP contribution in [0.4, 0.5) is 5.13 Å². The summed E-state index contributed by atoms with van der Waals surface area (Å²) in [5.74, 6) is 0.362. The van der Waals surface area contributed by atoms with Crippen LogP contribution in [0.1, 0.15) is 11.1 Å². The summed E-state index contributed by atoms with van der Waals surface area (Å²) in [4.78, 5) is 16.6. The van der Waals surface area contributed by atoms with Gasteiger partial charge in [-0.25, -0.2) is 4.98 Å². The molecule has 4 nitrogen and oxygen atoms in total. The third-order valence-electron chi connectivity index (χ3n) is 3.67. The molecule has 3 rings (SSSR count). The lowest BCUT2D eigenvalue weighted by Crippen LogP contribution is -2.20. The number of thiazole rings is 1. The molecule has 0 bridgehead atoms. The van der Waals surface area contributed by atoms with Crippen LogP contribution in [0.2, 0.25) is 5.02 Å². The van der Waals surface area contributed by atoms with Crippen LogP contribution in [0, 0.1) is 13.8 Å². The number of hydrogen-bond acceptors (Lipinski definition) is 4. The topological polar surface area (TPSA) is 51.2 Å². The van der Waals surface area contributed by atoms with Crippen LogP contribution in [-0.2, 0) is 4.79 Å². The van der Waals surface area contributed by atoms with E-state index in [0.29, 0.717) is 15.9 Å². The Balaban J connectivity index is 1.59. The van der Waals surface area contributed by atoms with Gasteiger partial charge in [0.15, 0.2) is 11.7 Å². The van der Waals surface area contributed by atoms with Crippen molar-refractivity contribution in [3.8, 4) is 17.0 Å². The summed E-state index contributed by atoms with van der Waals surface area (Å²) in [5, 5.41) is 5.93. The number of halogens is 2. The lowest BCUT2D eigenvalue weighted by Gasteiger charge is -2.09. The van der Waals surface area contributed by atoms with E-state index in [1.807, 2.05) is 55.6 Å². The molecule has 1 heterocycles. The molecule has 1 amide bonds. The fraction of sp³-hybridized carbons (Fsp3) is 0.158. The molecule has 7 heteroatoms. The quantitative estimate of drug-likeness (QED) is 0.528. The number of rotatable bonds is 5. The summed E-state index contributed by atoms with van der Waals surface area (Å²) >= 11 is 10.9. The second-order valence-electron chi connectivity index (χ2n) is 5.75. The molecule has 0 saturated heterocycles. The number of aryl methyl sites for hydroxylation is 2. The van der Waals surface area contributed by atoms with Crippen molar-refractivity contribution in [3.05, 3.63) is 62.4 Å². The van der Waals surface area contributed by atoms with E-state index >= 15 is 0 Å². The van der Waals surface area contributed by atoms with E-state index in [-0.39, 0.29) is 12.5 Å². The van der Waals surface area contributed by atoms with Crippen LogP contribution in [0.25, 0.3) is 11.3 Å². The van der Waals surface area contributed by atoms with Crippen LogP contribution in [0.5, 0.6) is 5.75 Å². The molecule has 26 heavy (non-hydrogen) atoms. The van der Waals surface area contributed by atoms with Gasteiger partial charge in [0, 0.05) is 20.4 Å². The number of carbonyl (C=O) groups excluding carboxylic acids is 1. The van der Waals surface area contributed by atoms with Gasteiger partial charge in [-0.1, -0.05) is 39.7 Å². The second kappa shape index (κ2) is 8.20. The molecule has 1 N–H and O–H groups in total. The molecule has 0 aliphatic heterocycles. The van der Waals surface area contributed by atoms with Gasteiger partial charge >= 0.3 is 0 Å². The lowest BCUT2D eigenvalue weighted by atomic mass is 10.1. The minimum absolute atomic E-state index is 0.0896. The zero-order valence-electron chi connectivity index (χ0n) is 14.2. The molecule has 3 aromatic rings. The SMILES string of the molecule is Cc1cc(OCC(=O)Nc2nc(-c3ccc(Br)cc3)cs2)cc(C)c1Cl. The average molecular weight is 452 g/mol. The lowest BCUT2D eigenvalue weighted by molar-refractivity contribution is -0.118. The van der Waals surface area contributed by atoms with E-state index in [0.717, 1.165) is 26.9 Å². The third kappa shape index (κ3) is 4.63. The predicted molar refractivity (Wildman–Crippen MR) is 110 cm³/mol. The Bertz CT molecular complexity index is 918. The van der Waals surface area contributed by atoms with Crippen molar-refractivity contribution < 1.29 is 9.53 Å². The van der Waals surface area contributed by atoms with E-state index < -0.39 is 0 Å². The number of anilines is 1. The van der Waals surface area contributed by atoms with E-state index in [2.05, 4.69) is 26.2 Å². The smallest absolute Gasteiger partial charge is 0.264 e. The number of amides is 1. The number of carbonyl (C=O) groups is 1. The summed E-state index contributed by atoms with van der Waals surface area (Å²) in [7, 11) is 0. The first-order valence-corrected chi connectivity index (χ1v) is 9.88. The predicted octanol–water partition coefficient (Wildman–Crippen LogP) is 5.86. The summed E-state index contributed by atoms with van der Waals surface area (Å²) < 4.78 is 6.57. The zero-order valence-corrected chi connectivity index (χ0v) is 17.3. The molecular weight excluding hydrogens is 436 g/mol. The maximum Gasteiger partial charge on any atom is 0.264 e. The van der Waals surface area contributed by atoms with Crippen molar-refractivity contribution in [2.24, 2.45) is 0 Å². The van der Waals surface area contributed by atoms with Gasteiger partial charge in [-0.3, -0.25) is 10.1 Å². The van der Waals surface area contributed by atoms with Gasteiger partial charge in [-0.05, 0) is 49.2 Å². The van der Waals surface area contributed by atoms with Crippen LogP contribution >= 0.6 is 38.9 Å². The maximum absolute atomic E-state index is 12.1. The number of aromatic nitrogens is 1. The Morgan fingerprint density at radius 1 is 1.23 bits per heavy atom. The summed E-state index contributed by atoms with van der Waals surface area (Å²) in [6, 6.07) is 11.5. The van der Waals surface area contributed by atoms with Gasteiger partial charge in [0.2, 0.25) is 0 Å². The fourth-order valence-electron chi connectivity index (χ4n) is 2.38. The minimum Gasteiger partial charge on any atom is -0.484 e. The molecule has 1 aromatic heterocycles. The highest BCUT2D eigenvalue weighted by atomic mass is 79.9. The van der Waals surface area contributed by atoms with Crippen LogP contribution in [-0.4, -0.2) is 17.5 Å². The molecule has 0 aliphatic rings. The van der Waals surface area contributed by atoms with E-state index in [9.17, 15) is 4.79 Å². The van der Waals surface area contributed by atoms with Gasteiger partial charge < -0.3 is 4.74 Å². The van der Waals surface area contributed by atoms with Gasteiger partial charge in [0.05, 0.1) is 5.69 Å². The molecule has 0 spiro atoms. The maximum atomic E-state index is 12.1. The fourth-order valence-corrected chi connectivity index (χ4v) is 3.49. The van der Waals surface area contributed by atoms with Crippen molar-refractivity contribution in [2.45, 2.75) is 13.8 Å². The van der Waals surface area contributed by atoms with Gasteiger partial charge in [0.25, 0.3) is 5.91 Å². The Morgan fingerprint density at radius 2 is 1.88 bits per heavy atom. The molecule has 0 radical (unpaired) electrons. The highest BCUT2D eigenvalue weighted by molar-refractivity contribution is 9.10. The Morgan fingerprint density at radius 3 is 2.54 bits per heavy atom. The molecule has 0 saturated carbocycles. The van der Waals surface area contributed by atoms with Crippen molar-refractivity contribution in [1.29, 1.82) is 0 Å². The molecule has 2 aromatic carbocycles. The van der Waals surface area contributed by atoms with Crippen molar-refractivity contribution in [1.82, 2.24) is 4.98 Å².